The van der Waals surface area contributed by atoms with E-state index in [1.807, 2.05) is 31.4 Å². The lowest BCUT2D eigenvalue weighted by atomic mass is 10.1. The third-order valence-corrected chi connectivity index (χ3v) is 5.65. The Morgan fingerprint density at radius 3 is 2.50 bits per heavy atom. The van der Waals surface area contributed by atoms with Crippen LogP contribution in [-0.4, -0.2) is 49.8 Å². The van der Waals surface area contributed by atoms with Gasteiger partial charge in [0.1, 0.15) is 11.6 Å². The molecule has 2 N–H and O–H groups in total. The Morgan fingerprint density at radius 2 is 1.89 bits per heavy atom. The molecule has 0 aliphatic rings. The van der Waals surface area contributed by atoms with Gasteiger partial charge in [0.2, 0.25) is 0 Å². The number of benzene rings is 1. The molecule has 0 fully saturated rings. The molecule has 1 aromatic carbocycles. The van der Waals surface area contributed by atoms with Crippen molar-refractivity contribution in [3.05, 3.63) is 53.9 Å². The summed E-state index contributed by atoms with van der Waals surface area (Å²) in [6.45, 7) is 4.84. The highest BCUT2D eigenvalue weighted by Crippen LogP contribution is 2.35. The third kappa shape index (κ3) is 3.76. The molecule has 0 bridgehead atoms. The molecule has 1 unspecified atom stereocenters. The predicted octanol–water partition coefficient (Wildman–Crippen LogP) is 3.98. The molecule has 2 aromatic heterocycles. The van der Waals surface area contributed by atoms with E-state index in [0.29, 0.717) is 11.6 Å². The number of phenolic OH excluding ortho intramolecular Hbond substituents is 1. The fraction of sp³-hybridized carbons (Fsp3) is 0.333. The molecule has 0 saturated carbocycles. The maximum absolute atomic E-state index is 10.0. The zero-order valence-electron chi connectivity index (χ0n) is 16.3. The van der Waals surface area contributed by atoms with Gasteiger partial charge in [-0.2, -0.15) is 0 Å². The molecular formula is C21H25ClN4O2. The van der Waals surface area contributed by atoms with Gasteiger partial charge in [0, 0.05) is 36.3 Å². The van der Waals surface area contributed by atoms with Gasteiger partial charge < -0.3 is 14.8 Å². The molecule has 3 aromatic rings. The molecule has 3 rings (SSSR count). The first kappa shape index (κ1) is 20.3. The van der Waals surface area contributed by atoms with E-state index in [1.165, 1.54) is 0 Å². The average Bonchev–Trinajstić information content (AvgIpc) is 3.16. The lowest BCUT2D eigenvalue weighted by Gasteiger charge is -2.40. The molecule has 2 heterocycles. The van der Waals surface area contributed by atoms with E-state index >= 15 is 0 Å². The molecule has 28 heavy (non-hydrogen) atoms. The zero-order chi connectivity index (χ0) is 20.3. The predicted molar refractivity (Wildman–Crippen MR) is 111 cm³/mol. The topological polar surface area (TPSA) is 74.4 Å². The number of rotatable bonds is 7. The summed E-state index contributed by atoms with van der Waals surface area (Å²) < 4.78 is 2.12. The SMILES string of the molecule is CCC(C)(N(C)CCO)n1cc(-c2ccc(Cl)c(O)c2)nc1-c1ccncc1. The Bertz CT molecular complexity index is 945. The highest BCUT2D eigenvalue weighted by Gasteiger charge is 2.32. The van der Waals surface area contributed by atoms with E-state index in [0.717, 1.165) is 29.1 Å². The molecule has 0 saturated heterocycles. The second-order valence-corrected chi connectivity index (χ2v) is 7.34. The van der Waals surface area contributed by atoms with E-state index in [9.17, 15) is 10.2 Å². The van der Waals surface area contributed by atoms with Crippen molar-refractivity contribution in [2.24, 2.45) is 0 Å². The Kier molecular flexibility index (Phi) is 6.03. The standard InChI is InChI=1S/C21H25ClN4O2/c1-4-21(2,25(3)11-12-27)26-14-18(16-5-6-17(22)19(28)13-16)24-20(26)15-7-9-23-10-8-15/h5-10,13-14,27-28H,4,11-12H2,1-3H3. The van der Waals surface area contributed by atoms with Gasteiger partial charge in [0.15, 0.2) is 0 Å². The number of aromatic hydroxyl groups is 1. The number of aromatic nitrogens is 3. The van der Waals surface area contributed by atoms with Crippen LogP contribution in [0, 0.1) is 0 Å². The number of phenols is 1. The lowest BCUT2D eigenvalue weighted by Crippen LogP contribution is -2.47. The van der Waals surface area contributed by atoms with Gasteiger partial charge in [-0.15, -0.1) is 0 Å². The number of aliphatic hydroxyl groups is 1. The van der Waals surface area contributed by atoms with E-state index in [-0.39, 0.29) is 12.4 Å². The molecule has 0 radical (unpaired) electrons. The van der Waals surface area contributed by atoms with Gasteiger partial charge in [-0.25, -0.2) is 4.98 Å². The number of likely N-dealkylation sites (N-methyl/N-ethyl adjacent to an activating group) is 1. The number of imidazole rings is 1. The van der Waals surface area contributed by atoms with Crippen LogP contribution in [0.3, 0.4) is 0 Å². The van der Waals surface area contributed by atoms with Crippen LogP contribution in [0.4, 0.5) is 0 Å². The van der Waals surface area contributed by atoms with Crippen LogP contribution in [0.25, 0.3) is 22.6 Å². The molecule has 7 heteroatoms. The molecule has 0 aliphatic heterocycles. The van der Waals surface area contributed by atoms with Gasteiger partial charge in [0.05, 0.1) is 23.0 Å². The number of aliphatic hydroxyl groups excluding tert-OH is 1. The maximum atomic E-state index is 10.0. The molecule has 0 amide bonds. The molecule has 148 valence electrons. The van der Waals surface area contributed by atoms with E-state index in [1.54, 1.807) is 24.5 Å². The molecule has 0 spiro atoms. The monoisotopic (exact) mass is 400 g/mol. The van der Waals surface area contributed by atoms with Gasteiger partial charge in [0.25, 0.3) is 0 Å². The van der Waals surface area contributed by atoms with Crippen LogP contribution >= 0.6 is 11.6 Å². The summed E-state index contributed by atoms with van der Waals surface area (Å²) >= 11 is 5.96. The number of hydrogen-bond donors (Lipinski definition) is 2. The van der Waals surface area contributed by atoms with Crippen LogP contribution < -0.4 is 0 Å². The normalized spacial score (nSPS) is 13.6. The van der Waals surface area contributed by atoms with Crippen molar-refractivity contribution in [2.45, 2.75) is 25.9 Å². The van der Waals surface area contributed by atoms with Crippen LogP contribution in [0.1, 0.15) is 20.3 Å². The van der Waals surface area contributed by atoms with Crippen LogP contribution in [0.5, 0.6) is 5.75 Å². The van der Waals surface area contributed by atoms with Crippen molar-refractivity contribution in [1.29, 1.82) is 0 Å². The Labute approximate surface area is 170 Å². The van der Waals surface area contributed by atoms with Gasteiger partial charge in [-0.3, -0.25) is 9.88 Å². The first-order valence-corrected chi connectivity index (χ1v) is 9.59. The van der Waals surface area contributed by atoms with Crippen LogP contribution in [-0.2, 0) is 5.66 Å². The minimum atomic E-state index is -0.402. The smallest absolute Gasteiger partial charge is 0.142 e. The van der Waals surface area contributed by atoms with Gasteiger partial charge in [-0.05, 0) is 44.7 Å². The van der Waals surface area contributed by atoms with Crippen molar-refractivity contribution < 1.29 is 10.2 Å². The fourth-order valence-corrected chi connectivity index (χ4v) is 3.40. The molecular weight excluding hydrogens is 376 g/mol. The highest BCUT2D eigenvalue weighted by molar-refractivity contribution is 6.32. The number of halogens is 1. The minimum absolute atomic E-state index is 0.0230. The van der Waals surface area contributed by atoms with E-state index in [4.69, 9.17) is 16.6 Å². The minimum Gasteiger partial charge on any atom is -0.506 e. The summed E-state index contributed by atoms with van der Waals surface area (Å²) in [5.41, 5.74) is 2.05. The quantitative estimate of drug-likeness (QED) is 0.627. The Balaban J connectivity index is 2.19. The number of nitrogens with zero attached hydrogens (tertiary/aromatic N) is 4. The highest BCUT2D eigenvalue weighted by atomic mass is 35.5. The second-order valence-electron chi connectivity index (χ2n) is 6.94. The Hall–Kier alpha value is -2.41. The largest absolute Gasteiger partial charge is 0.506 e. The summed E-state index contributed by atoms with van der Waals surface area (Å²) in [6, 6.07) is 8.96. The average molecular weight is 401 g/mol. The van der Waals surface area contributed by atoms with Crippen molar-refractivity contribution in [3.8, 4) is 28.4 Å². The lowest BCUT2D eigenvalue weighted by molar-refractivity contribution is 0.0420. The first-order chi connectivity index (χ1) is 13.4. The first-order valence-electron chi connectivity index (χ1n) is 9.22. The van der Waals surface area contributed by atoms with Crippen molar-refractivity contribution in [3.63, 3.8) is 0 Å². The molecule has 0 aliphatic carbocycles. The Morgan fingerprint density at radius 1 is 1.18 bits per heavy atom. The fourth-order valence-electron chi connectivity index (χ4n) is 3.28. The van der Waals surface area contributed by atoms with E-state index < -0.39 is 5.66 Å². The summed E-state index contributed by atoms with van der Waals surface area (Å²) in [6.07, 6.45) is 6.27. The van der Waals surface area contributed by atoms with Gasteiger partial charge >= 0.3 is 0 Å². The van der Waals surface area contributed by atoms with Crippen LogP contribution in [0.2, 0.25) is 5.02 Å². The number of pyridine rings is 1. The van der Waals surface area contributed by atoms with Crippen molar-refractivity contribution >= 4 is 11.6 Å². The zero-order valence-corrected chi connectivity index (χ0v) is 17.1. The number of hydrogen-bond acceptors (Lipinski definition) is 5. The summed E-state index contributed by atoms with van der Waals surface area (Å²) in [4.78, 5) is 11.1. The van der Waals surface area contributed by atoms with E-state index in [2.05, 4.69) is 28.3 Å². The molecule has 6 nitrogen and oxygen atoms in total. The second kappa shape index (κ2) is 8.31. The third-order valence-electron chi connectivity index (χ3n) is 5.33. The van der Waals surface area contributed by atoms with Gasteiger partial charge in [-0.1, -0.05) is 24.6 Å². The van der Waals surface area contributed by atoms with Crippen molar-refractivity contribution in [1.82, 2.24) is 19.4 Å². The summed E-state index contributed by atoms with van der Waals surface area (Å²) in [5.74, 6) is 0.816. The summed E-state index contributed by atoms with van der Waals surface area (Å²) in [7, 11) is 1.99. The van der Waals surface area contributed by atoms with Crippen LogP contribution in [0.15, 0.2) is 48.9 Å². The maximum Gasteiger partial charge on any atom is 0.142 e. The molecule has 1 atom stereocenters. The van der Waals surface area contributed by atoms with Crippen molar-refractivity contribution in [2.75, 3.05) is 20.2 Å². The summed E-state index contributed by atoms with van der Waals surface area (Å²) in [5, 5.41) is 19.8.